The molecule has 0 aromatic heterocycles. The number of nitrogens with one attached hydrogen (secondary N) is 1. The van der Waals surface area contributed by atoms with E-state index < -0.39 is 0 Å². The van der Waals surface area contributed by atoms with Crippen LogP contribution in [0.25, 0.3) is 0 Å². The molecule has 0 aromatic carbocycles. The van der Waals surface area contributed by atoms with Crippen LogP contribution in [-0.2, 0) is 9.53 Å². The van der Waals surface area contributed by atoms with Gasteiger partial charge in [0.25, 0.3) is 0 Å². The average molecular weight is 197 g/mol. The van der Waals surface area contributed by atoms with Gasteiger partial charge in [0.05, 0.1) is 0 Å². The smallest absolute Gasteiger partial charge is 0.207 e. The Balaban J connectivity index is 1.84. The Morgan fingerprint density at radius 1 is 1.14 bits per heavy atom. The minimum Gasteiger partial charge on any atom is -0.381 e. The maximum Gasteiger partial charge on any atom is 0.207 e. The summed E-state index contributed by atoms with van der Waals surface area (Å²) in [5, 5.41) is 2.89. The van der Waals surface area contributed by atoms with Gasteiger partial charge >= 0.3 is 0 Å². The predicted octanol–water partition coefficient (Wildman–Crippen LogP) is 1.47. The SMILES string of the molecule is O=CNC1CCC2(CCOCC2)CC1. The van der Waals surface area contributed by atoms with Crippen molar-refractivity contribution in [3.8, 4) is 0 Å². The van der Waals surface area contributed by atoms with E-state index in [2.05, 4.69) is 5.32 Å². The Hall–Kier alpha value is -0.570. The first kappa shape index (κ1) is 9.97. The van der Waals surface area contributed by atoms with Gasteiger partial charge in [-0.25, -0.2) is 0 Å². The quantitative estimate of drug-likeness (QED) is 0.681. The van der Waals surface area contributed by atoms with E-state index in [0.717, 1.165) is 32.5 Å². The average Bonchev–Trinajstić information content (AvgIpc) is 2.24. The van der Waals surface area contributed by atoms with Crippen LogP contribution in [0, 0.1) is 5.41 Å². The third kappa shape index (κ3) is 2.08. The molecule has 0 aromatic rings. The summed E-state index contributed by atoms with van der Waals surface area (Å²) in [4.78, 5) is 10.3. The maximum atomic E-state index is 10.3. The second-order valence-corrected chi connectivity index (χ2v) is 4.67. The fraction of sp³-hybridized carbons (Fsp3) is 0.909. The van der Waals surface area contributed by atoms with Gasteiger partial charge in [0.1, 0.15) is 0 Å². The van der Waals surface area contributed by atoms with E-state index in [4.69, 9.17) is 4.74 Å². The molecule has 1 heterocycles. The fourth-order valence-electron chi connectivity index (χ4n) is 2.80. The van der Waals surface area contributed by atoms with Crippen LogP contribution in [0.5, 0.6) is 0 Å². The third-order valence-corrected chi connectivity index (χ3v) is 3.90. The lowest BCUT2D eigenvalue weighted by atomic mass is 9.68. The Kier molecular flexibility index (Phi) is 3.06. The first-order chi connectivity index (χ1) is 6.85. The van der Waals surface area contributed by atoms with E-state index in [1.165, 1.54) is 25.7 Å². The maximum absolute atomic E-state index is 10.3. The summed E-state index contributed by atoms with van der Waals surface area (Å²) in [6.45, 7) is 1.87. The van der Waals surface area contributed by atoms with Gasteiger partial charge in [-0.1, -0.05) is 0 Å². The van der Waals surface area contributed by atoms with Gasteiger partial charge in [0, 0.05) is 19.3 Å². The van der Waals surface area contributed by atoms with Gasteiger partial charge in [-0.15, -0.1) is 0 Å². The van der Waals surface area contributed by atoms with Gasteiger partial charge in [-0.3, -0.25) is 4.79 Å². The number of hydrogen-bond acceptors (Lipinski definition) is 2. The summed E-state index contributed by atoms with van der Waals surface area (Å²) in [6, 6.07) is 0.431. The van der Waals surface area contributed by atoms with Crippen LogP contribution >= 0.6 is 0 Å². The van der Waals surface area contributed by atoms with E-state index in [-0.39, 0.29) is 0 Å². The largest absolute Gasteiger partial charge is 0.381 e. The van der Waals surface area contributed by atoms with Crippen molar-refractivity contribution in [2.45, 2.75) is 44.6 Å². The summed E-state index contributed by atoms with van der Waals surface area (Å²) in [6.07, 6.45) is 8.12. The molecule has 2 fully saturated rings. The molecule has 0 unspecified atom stereocenters. The number of amides is 1. The number of carbonyl (C=O) groups is 1. The van der Waals surface area contributed by atoms with Gasteiger partial charge in [-0.2, -0.15) is 0 Å². The highest BCUT2D eigenvalue weighted by Crippen LogP contribution is 2.43. The molecule has 1 spiro atoms. The van der Waals surface area contributed by atoms with Crippen LogP contribution in [0.1, 0.15) is 38.5 Å². The summed E-state index contributed by atoms with van der Waals surface area (Å²) < 4.78 is 5.40. The molecule has 0 atom stereocenters. The van der Waals surface area contributed by atoms with E-state index in [1.54, 1.807) is 0 Å². The van der Waals surface area contributed by atoms with Crippen LogP contribution in [0.4, 0.5) is 0 Å². The molecule has 2 rings (SSSR count). The molecule has 2 aliphatic rings. The molecule has 0 bridgehead atoms. The molecule has 1 N–H and O–H groups in total. The van der Waals surface area contributed by atoms with Gasteiger partial charge < -0.3 is 10.1 Å². The van der Waals surface area contributed by atoms with E-state index in [0.29, 0.717) is 11.5 Å². The summed E-state index contributed by atoms with van der Waals surface area (Å²) in [7, 11) is 0. The molecule has 1 saturated carbocycles. The van der Waals surface area contributed by atoms with Crippen molar-refractivity contribution in [1.82, 2.24) is 5.32 Å². The summed E-state index contributed by atoms with van der Waals surface area (Å²) >= 11 is 0. The predicted molar refractivity (Wildman–Crippen MR) is 53.9 cm³/mol. The van der Waals surface area contributed by atoms with Crippen LogP contribution < -0.4 is 5.32 Å². The molecule has 1 aliphatic heterocycles. The zero-order valence-electron chi connectivity index (χ0n) is 8.63. The van der Waals surface area contributed by atoms with E-state index in [9.17, 15) is 4.79 Å². The number of rotatable bonds is 2. The zero-order valence-corrected chi connectivity index (χ0v) is 8.63. The topological polar surface area (TPSA) is 38.3 Å². The van der Waals surface area contributed by atoms with Crippen LogP contribution in [0.2, 0.25) is 0 Å². The molecular weight excluding hydrogens is 178 g/mol. The molecule has 3 heteroatoms. The van der Waals surface area contributed by atoms with Gasteiger partial charge in [0.15, 0.2) is 0 Å². The molecule has 1 amide bonds. The lowest BCUT2D eigenvalue weighted by molar-refractivity contribution is -0.110. The van der Waals surface area contributed by atoms with Crippen molar-refractivity contribution in [3.63, 3.8) is 0 Å². The summed E-state index contributed by atoms with van der Waals surface area (Å²) in [5.41, 5.74) is 0.555. The highest BCUT2D eigenvalue weighted by Gasteiger charge is 2.36. The Morgan fingerprint density at radius 3 is 2.36 bits per heavy atom. The van der Waals surface area contributed by atoms with E-state index in [1.807, 2.05) is 0 Å². The second kappa shape index (κ2) is 4.30. The van der Waals surface area contributed by atoms with Crippen molar-refractivity contribution in [1.29, 1.82) is 0 Å². The number of carbonyl (C=O) groups excluding carboxylic acids is 1. The zero-order chi connectivity index (χ0) is 9.86. The minimum atomic E-state index is 0.431. The normalized spacial score (nSPS) is 27.4. The Morgan fingerprint density at radius 2 is 1.79 bits per heavy atom. The van der Waals surface area contributed by atoms with Gasteiger partial charge in [0.2, 0.25) is 6.41 Å². The summed E-state index contributed by atoms with van der Waals surface area (Å²) in [5.74, 6) is 0. The van der Waals surface area contributed by atoms with E-state index >= 15 is 0 Å². The Labute approximate surface area is 85.2 Å². The molecule has 1 aliphatic carbocycles. The van der Waals surface area contributed by atoms with Crippen molar-refractivity contribution in [3.05, 3.63) is 0 Å². The fourth-order valence-corrected chi connectivity index (χ4v) is 2.80. The van der Waals surface area contributed by atoms with Crippen molar-refractivity contribution < 1.29 is 9.53 Å². The molecule has 1 saturated heterocycles. The van der Waals surface area contributed by atoms with Crippen LogP contribution in [-0.4, -0.2) is 25.7 Å². The highest BCUT2D eigenvalue weighted by molar-refractivity contribution is 5.46. The monoisotopic (exact) mass is 197 g/mol. The first-order valence-corrected chi connectivity index (χ1v) is 5.62. The second-order valence-electron chi connectivity index (χ2n) is 4.67. The lowest BCUT2D eigenvalue weighted by Gasteiger charge is -2.42. The molecule has 14 heavy (non-hydrogen) atoms. The Bertz CT molecular complexity index is 189. The van der Waals surface area contributed by atoms with Crippen molar-refractivity contribution in [2.24, 2.45) is 5.41 Å². The number of ether oxygens (including phenoxy) is 1. The van der Waals surface area contributed by atoms with Crippen LogP contribution in [0.3, 0.4) is 0 Å². The third-order valence-electron chi connectivity index (χ3n) is 3.90. The minimum absolute atomic E-state index is 0.431. The highest BCUT2D eigenvalue weighted by atomic mass is 16.5. The van der Waals surface area contributed by atoms with Crippen molar-refractivity contribution in [2.75, 3.05) is 13.2 Å². The molecule has 0 radical (unpaired) electrons. The molecular formula is C11H19NO2. The van der Waals surface area contributed by atoms with Crippen molar-refractivity contribution >= 4 is 6.41 Å². The lowest BCUT2D eigenvalue weighted by Crippen LogP contribution is -2.39. The molecule has 3 nitrogen and oxygen atoms in total. The van der Waals surface area contributed by atoms with Gasteiger partial charge in [-0.05, 0) is 43.9 Å². The first-order valence-electron chi connectivity index (χ1n) is 5.62. The standard InChI is InChI=1S/C11H19NO2/c13-9-12-10-1-3-11(4-2-10)5-7-14-8-6-11/h9-10H,1-8H2,(H,12,13). The number of hydrogen-bond donors (Lipinski definition) is 1. The molecule has 80 valence electrons. The van der Waals surface area contributed by atoms with Crippen LogP contribution in [0.15, 0.2) is 0 Å².